The molecule has 1 spiro atoms. The molecule has 2 fully saturated rings. The minimum atomic E-state index is -1.19. The maximum absolute atomic E-state index is 16.3. The Hall–Kier alpha value is -3.50. The van der Waals surface area contributed by atoms with Gasteiger partial charge in [0.15, 0.2) is 0 Å². The van der Waals surface area contributed by atoms with E-state index in [0.717, 1.165) is 42.7 Å². The van der Waals surface area contributed by atoms with Gasteiger partial charge in [-0.3, -0.25) is 14.5 Å². The number of nitrogens with one attached hydrogen (secondary N) is 2. The lowest BCUT2D eigenvalue weighted by atomic mass is 9.70. The number of aryl methyl sites for hydroxylation is 1. The molecule has 0 radical (unpaired) electrons. The molecule has 0 unspecified atom stereocenters. The highest BCUT2D eigenvalue weighted by molar-refractivity contribution is 6.31. The summed E-state index contributed by atoms with van der Waals surface area (Å²) in [6, 6.07) is 16.0. The first kappa shape index (κ1) is 28.0. The second kappa shape index (κ2) is 10.3. The minimum absolute atomic E-state index is 0.0158. The molecule has 3 aliphatic heterocycles. The van der Waals surface area contributed by atoms with E-state index in [1.807, 2.05) is 12.1 Å². The predicted octanol–water partition coefficient (Wildman–Crippen LogP) is 5.38. The van der Waals surface area contributed by atoms with Crippen LogP contribution >= 0.6 is 23.2 Å². The highest BCUT2D eigenvalue weighted by Gasteiger charge is 2.69. The maximum Gasteiger partial charge on any atom is 0.251 e. The van der Waals surface area contributed by atoms with Gasteiger partial charge in [0.05, 0.1) is 16.1 Å². The van der Waals surface area contributed by atoms with Gasteiger partial charge in [0, 0.05) is 65.9 Å². The summed E-state index contributed by atoms with van der Waals surface area (Å²) in [5.41, 5.74) is 8.31. The molecular formula is C33H31Cl2FN6O2. The van der Waals surface area contributed by atoms with Crippen LogP contribution in [0.4, 0.5) is 10.1 Å². The number of imidazole rings is 1. The number of fused-ring (bicyclic) bond motifs is 7. The molecule has 1 saturated heterocycles. The first-order chi connectivity index (χ1) is 21.3. The van der Waals surface area contributed by atoms with Crippen LogP contribution in [0.1, 0.15) is 58.4 Å². The van der Waals surface area contributed by atoms with Crippen LogP contribution in [0.15, 0.2) is 54.6 Å². The monoisotopic (exact) mass is 632 g/mol. The van der Waals surface area contributed by atoms with Gasteiger partial charge in [0.25, 0.3) is 5.91 Å². The van der Waals surface area contributed by atoms with E-state index in [2.05, 4.69) is 20.1 Å². The third kappa shape index (κ3) is 3.99. The number of benzene rings is 3. The largest absolute Gasteiger partial charge is 0.351 e. The Kier molecular flexibility index (Phi) is 6.54. The van der Waals surface area contributed by atoms with Crippen molar-refractivity contribution in [3.8, 4) is 0 Å². The zero-order chi connectivity index (χ0) is 30.3. The lowest BCUT2D eigenvalue weighted by Gasteiger charge is -2.40. The van der Waals surface area contributed by atoms with Gasteiger partial charge in [-0.1, -0.05) is 41.4 Å². The van der Waals surface area contributed by atoms with Crippen LogP contribution in [-0.4, -0.2) is 51.9 Å². The number of amides is 2. The summed E-state index contributed by atoms with van der Waals surface area (Å²) in [4.78, 5) is 34.8. The predicted molar refractivity (Wildman–Crippen MR) is 168 cm³/mol. The summed E-state index contributed by atoms with van der Waals surface area (Å²) in [5, 5.41) is 6.48. The smallest absolute Gasteiger partial charge is 0.251 e. The number of hydrogen-bond donors (Lipinski definition) is 3. The number of carbonyl (C=O) groups excluding carboxylic acids is 2. The lowest BCUT2D eigenvalue weighted by Crippen LogP contribution is -2.53. The zero-order valence-electron chi connectivity index (χ0n) is 23.8. The van der Waals surface area contributed by atoms with Gasteiger partial charge in [-0.15, -0.1) is 0 Å². The normalized spacial score (nSPS) is 25.6. The standard InChI is InChI=1S/C33H31Cl2FN6O2/c34-19-7-8-21-23(15-19)40-32(44)33(21)28(20-2-1-3-22(35)29(20)36)27-26(42(33)16-17-4-5-17)10-13-41-25-9-6-18(31(43)38-12-11-37)14-24(25)39-30(27)41/h1-3,6-9,14-15,17,26-28H,4-5,10-13,16,37H2,(H,38,43)(H,40,44)/t26-,27+,28-,33+/m0/s1. The summed E-state index contributed by atoms with van der Waals surface area (Å²) in [6.45, 7) is 2.13. The number of carbonyl (C=O) groups is 2. The number of rotatable bonds is 6. The van der Waals surface area contributed by atoms with Crippen molar-refractivity contribution in [2.45, 2.75) is 49.2 Å². The molecule has 8 nitrogen and oxygen atoms in total. The number of halogens is 3. The second-order valence-corrected chi connectivity index (χ2v) is 13.2. The van der Waals surface area contributed by atoms with E-state index < -0.39 is 17.3 Å². The lowest BCUT2D eigenvalue weighted by molar-refractivity contribution is -0.128. The molecule has 4 aliphatic rings. The molecule has 226 valence electrons. The molecule has 11 heteroatoms. The summed E-state index contributed by atoms with van der Waals surface area (Å²) in [5.74, 6) is -0.625. The van der Waals surface area contributed by atoms with E-state index in [4.69, 9.17) is 33.9 Å². The van der Waals surface area contributed by atoms with Crippen LogP contribution in [0, 0.1) is 11.7 Å². The van der Waals surface area contributed by atoms with E-state index in [1.54, 1.807) is 36.4 Å². The van der Waals surface area contributed by atoms with Crippen LogP contribution in [0.25, 0.3) is 11.0 Å². The fraction of sp³-hybridized carbons (Fsp3) is 0.364. The SMILES string of the molecule is NCCNC(=O)c1ccc2c(c1)nc1n2CC[C@H]2[C@@H]1[C@H](c1cccc(Cl)c1F)[C@]1(C(=O)Nc3cc(Cl)ccc31)N2CC1CC1. The van der Waals surface area contributed by atoms with Crippen molar-refractivity contribution in [3.63, 3.8) is 0 Å². The second-order valence-electron chi connectivity index (χ2n) is 12.4. The summed E-state index contributed by atoms with van der Waals surface area (Å²) >= 11 is 12.8. The first-order valence-corrected chi connectivity index (χ1v) is 15.9. The van der Waals surface area contributed by atoms with E-state index in [1.165, 1.54) is 6.07 Å². The molecule has 1 aliphatic carbocycles. The zero-order valence-corrected chi connectivity index (χ0v) is 25.3. The Balaban J connectivity index is 1.37. The molecule has 4 aromatic rings. The van der Waals surface area contributed by atoms with Crippen molar-refractivity contribution in [1.29, 1.82) is 0 Å². The molecule has 4 atom stereocenters. The molecule has 4 N–H and O–H groups in total. The summed E-state index contributed by atoms with van der Waals surface area (Å²) in [6.07, 6.45) is 2.96. The number of hydrogen-bond acceptors (Lipinski definition) is 5. The van der Waals surface area contributed by atoms with E-state index in [-0.39, 0.29) is 28.8 Å². The molecule has 1 aromatic heterocycles. The van der Waals surface area contributed by atoms with Gasteiger partial charge in [0.2, 0.25) is 5.91 Å². The Bertz CT molecular complexity index is 1860. The summed E-state index contributed by atoms with van der Waals surface area (Å²) < 4.78 is 18.4. The van der Waals surface area contributed by atoms with E-state index >= 15 is 4.39 Å². The van der Waals surface area contributed by atoms with Crippen LogP contribution in [0.3, 0.4) is 0 Å². The van der Waals surface area contributed by atoms with Gasteiger partial charge in [-0.05, 0) is 67.1 Å². The maximum atomic E-state index is 16.3. The molecule has 2 amide bonds. The quantitative estimate of drug-likeness (QED) is 0.265. The Morgan fingerprint density at radius 1 is 1.14 bits per heavy atom. The fourth-order valence-corrected chi connectivity index (χ4v) is 8.38. The van der Waals surface area contributed by atoms with Crippen LogP contribution in [-0.2, 0) is 16.9 Å². The fourth-order valence-electron chi connectivity index (χ4n) is 8.02. The van der Waals surface area contributed by atoms with Crippen molar-refractivity contribution < 1.29 is 14.0 Å². The van der Waals surface area contributed by atoms with Crippen LogP contribution in [0.2, 0.25) is 10.0 Å². The molecule has 4 heterocycles. The Labute approximate surface area is 263 Å². The molecule has 0 bridgehead atoms. The highest BCUT2D eigenvalue weighted by atomic mass is 35.5. The van der Waals surface area contributed by atoms with Crippen LogP contribution in [0.5, 0.6) is 0 Å². The summed E-state index contributed by atoms with van der Waals surface area (Å²) in [7, 11) is 0. The van der Waals surface area contributed by atoms with Crippen molar-refractivity contribution in [2.75, 3.05) is 25.0 Å². The first-order valence-electron chi connectivity index (χ1n) is 15.1. The average molecular weight is 634 g/mol. The van der Waals surface area contributed by atoms with Gasteiger partial charge in [0.1, 0.15) is 17.2 Å². The van der Waals surface area contributed by atoms with Crippen LogP contribution < -0.4 is 16.4 Å². The number of nitrogens with two attached hydrogens (primary N) is 1. The Morgan fingerprint density at radius 2 is 1.98 bits per heavy atom. The molecule has 1 saturated carbocycles. The van der Waals surface area contributed by atoms with Crippen molar-refractivity contribution in [3.05, 3.63) is 93.0 Å². The average Bonchev–Trinajstić information content (AvgIpc) is 3.60. The highest BCUT2D eigenvalue weighted by Crippen LogP contribution is 2.64. The third-order valence-electron chi connectivity index (χ3n) is 9.95. The van der Waals surface area contributed by atoms with Gasteiger partial charge in [-0.25, -0.2) is 9.37 Å². The topological polar surface area (TPSA) is 105 Å². The third-order valence-corrected chi connectivity index (χ3v) is 10.5. The van der Waals surface area contributed by atoms with Gasteiger partial charge < -0.3 is 20.9 Å². The van der Waals surface area contributed by atoms with Crippen molar-refractivity contribution >= 4 is 51.7 Å². The Morgan fingerprint density at radius 3 is 2.77 bits per heavy atom. The minimum Gasteiger partial charge on any atom is -0.351 e. The van der Waals surface area contributed by atoms with E-state index in [9.17, 15) is 9.59 Å². The van der Waals surface area contributed by atoms with E-state index in [0.29, 0.717) is 52.9 Å². The van der Waals surface area contributed by atoms with Gasteiger partial charge >= 0.3 is 0 Å². The molecular weight excluding hydrogens is 602 g/mol. The van der Waals surface area contributed by atoms with Crippen molar-refractivity contribution in [1.82, 2.24) is 19.8 Å². The molecule has 44 heavy (non-hydrogen) atoms. The van der Waals surface area contributed by atoms with Gasteiger partial charge in [-0.2, -0.15) is 0 Å². The number of nitrogens with zero attached hydrogens (tertiary/aromatic N) is 3. The number of aromatic nitrogens is 2. The number of anilines is 1. The van der Waals surface area contributed by atoms with Crippen molar-refractivity contribution in [2.24, 2.45) is 11.7 Å². The molecule has 3 aromatic carbocycles. The number of likely N-dealkylation sites (tertiary alicyclic amines) is 1. The molecule has 8 rings (SSSR count).